The lowest BCUT2D eigenvalue weighted by atomic mass is 9.84. The van der Waals surface area contributed by atoms with Crippen LogP contribution in [0.5, 0.6) is 0 Å². The fourth-order valence-corrected chi connectivity index (χ4v) is 9.40. The summed E-state index contributed by atoms with van der Waals surface area (Å²) in [5.41, 5.74) is 10.5. The molecule has 5 atom stereocenters. The van der Waals surface area contributed by atoms with Crippen molar-refractivity contribution in [2.45, 2.75) is 90.7 Å². The first-order valence-electron chi connectivity index (χ1n) is 20.6. The van der Waals surface area contributed by atoms with Crippen LogP contribution >= 0.6 is 11.3 Å². The zero-order chi connectivity index (χ0) is 40.9. The molecule has 2 N–H and O–H groups in total. The number of aryl methyl sites for hydroxylation is 1. The number of cyclic esters (lactones) is 1. The fourth-order valence-electron chi connectivity index (χ4n) is 8.55. The van der Waals surface area contributed by atoms with Gasteiger partial charge in [0, 0.05) is 85.6 Å². The number of anilines is 1. The molecule has 6 heterocycles. The maximum atomic E-state index is 14.0. The zero-order valence-corrected chi connectivity index (χ0v) is 35.2. The SMILES string of the molecule is CCn1c(-c2cc(N3CCN(C)CC3)cnc2[C@H](C)OC)c2c3cc(ccc31)-c1csc(n1)C[C@H](NC(=O)[C@H]1C[C@H]1F)C(=O)N1CCC[C@H](N1)C(=O)OCC(C)(C)C2. The van der Waals surface area contributed by atoms with E-state index in [2.05, 4.69) is 77.2 Å². The van der Waals surface area contributed by atoms with E-state index in [0.29, 0.717) is 37.4 Å². The number of aromatic nitrogens is 3. The number of alkyl halides is 1. The van der Waals surface area contributed by atoms with E-state index in [1.54, 1.807) is 7.11 Å². The van der Waals surface area contributed by atoms with Crippen molar-refractivity contribution in [2.24, 2.45) is 11.3 Å². The number of hydrogen-bond acceptors (Lipinski definition) is 11. The molecule has 1 aliphatic carbocycles. The highest BCUT2D eigenvalue weighted by molar-refractivity contribution is 7.10. The minimum atomic E-state index is -1.20. The number of nitrogens with one attached hydrogen (secondary N) is 2. The number of carbonyl (C=O) groups excluding carboxylic acids is 3. The Morgan fingerprint density at radius 3 is 2.67 bits per heavy atom. The summed E-state index contributed by atoms with van der Waals surface area (Å²) in [4.78, 5) is 55.6. The number of methoxy groups -OCH3 is 1. The van der Waals surface area contributed by atoms with Crippen molar-refractivity contribution in [3.8, 4) is 22.5 Å². The molecule has 8 rings (SSSR count). The molecular formula is C43H55FN8O5S. The summed E-state index contributed by atoms with van der Waals surface area (Å²) in [5.74, 6) is -2.07. The van der Waals surface area contributed by atoms with Crippen LogP contribution in [-0.2, 0) is 43.2 Å². The van der Waals surface area contributed by atoms with E-state index in [1.807, 2.05) is 18.5 Å². The largest absolute Gasteiger partial charge is 0.464 e. The summed E-state index contributed by atoms with van der Waals surface area (Å²) >= 11 is 1.42. The van der Waals surface area contributed by atoms with Gasteiger partial charge in [0.1, 0.15) is 18.3 Å². The van der Waals surface area contributed by atoms with Gasteiger partial charge >= 0.3 is 5.97 Å². The van der Waals surface area contributed by atoms with Crippen LogP contribution < -0.4 is 15.6 Å². The molecule has 3 aromatic heterocycles. The number of benzene rings is 1. The summed E-state index contributed by atoms with van der Waals surface area (Å²) in [6, 6.07) is 6.98. The first-order chi connectivity index (χ1) is 27.8. The van der Waals surface area contributed by atoms with Gasteiger partial charge in [-0.15, -0.1) is 11.3 Å². The average Bonchev–Trinajstić information content (AvgIpc) is 3.65. The molecule has 2 saturated heterocycles. The maximum Gasteiger partial charge on any atom is 0.324 e. The molecule has 0 unspecified atom stereocenters. The third kappa shape index (κ3) is 8.10. The van der Waals surface area contributed by atoms with Crippen LogP contribution in [0.4, 0.5) is 10.1 Å². The number of halogens is 1. The topological polar surface area (TPSA) is 134 Å². The lowest BCUT2D eigenvalue weighted by Gasteiger charge is -2.35. The Kier molecular flexibility index (Phi) is 11.3. The molecule has 310 valence electrons. The van der Waals surface area contributed by atoms with Gasteiger partial charge in [-0.25, -0.2) is 14.8 Å². The Labute approximate surface area is 343 Å². The van der Waals surface area contributed by atoms with Crippen LogP contribution in [-0.4, -0.2) is 114 Å². The van der Waals surface area contributed by atoms with Gasteiger partial charge in [-0.05, 0) is 70.3 Å². The van der Waals surface area contributed by atoms with Crippen LogP contribution in [0, 0.1) is 11.3 Å². The number of hydrazine groups is 1. The van der Waals surface area contributed by atoms with Crippen molar-refractivity contribution in [3.05, 3.63) is 52.1 Å². The highest BCUT2D eigenvalue weighted by Crippen LogP contribution is 2.43. The Bertz CT molecular complexity index is 2200. The number of thiazole rings is 1. The lowest BCUT2D eigenvalue weighted by molar-refractivity contribution is -0.155. The van der Waals surface area contributed by atoms with E-state index in [0.717, 1.165) is 76.5 Å². The van der Waals surface area contributed by atoms with Crippen LogP contribution in [0.25, 0.3) is 33.4 Å². The van der Waals surface area contributed by atoms with Gasteiger partial charge in [-0.3, -0.25) is 24.4 Å². The summed E-state index contributed by atoms with van der Waals surface area (Å²) in [5, 5.41) is 7.94. The Hall–Kier alpha value is -4.44. The monoisotopic (exact) mass is 814 g/mol. The lowest BCUT2D eigenvalue weighted by Crippen LogP contribution is -2.60. The van der Waals surface area contributed by atoms with Gasteiger partial charge in [-0.1, -0.05) is 19.9 Å². The van der Waals surface area contributed by atoms with E-state index >= 15 is 0 Å². The summed E-state index contributed by atoms with van der Waals surface area (Å²) < 4.78 is 28.3. The normalized spacial score (nSPS) is 24.7. The number of hydrogen-bond donors (Lipinski definition) is 2. The molecule has 58 heavy (non-hydrogen) atoms. The van der Waals surface area contributed by atoms with E-state index in [1.165, 1.54) is 16.3 Å². The molecule has 4 aliphatic rings. The van der Waals surface area contributed by atoms with E-state index in [4.69, 9.17) is 19.4 Å². The molecule has 13 nitrogen and oxygen atoms in total. The third-order valence-corrected chi connectivity index (χ3v) is 13.0. The second-order valence-electron chi connectivity index (χ2n) is 17.1. The molecule has 6 bridgehead atoms. The number of ether oxygens (including phenoxy) is 2. The number of carbonyl (C=O) groups is 3. The highest BCUT2D eigenvalue weighted by atomic mass is 32.1. The van der Waals surface area contributed by atoms with Gasteiger partial charge in [0.05, 0.1) is 52.6 Å². The van der Waals surface area contributed by atoms with E-state index in [9.17, 15) is 18.8 Å². The third-order valence-electron chi connectivity index (χ3n) is 12.1. The summed E-state index contributed by atoms with van der Waals surface area (Å²) in [6.45, 7) is 13.4. The first kappa shape index (κ1) is 40.3. The van der Waals surface area contributed by atoms with E-state index < -0.39 is 47.4 Å². The Morgan fingerprint density at radius 1 is 1.17 bits per heavy atom. The number of esters is 1. The van der Waals surface area contributed by atoms with Crippen molar-refractivity contribution >= 4 is 45.7 Å². The van der Waals surface area contributed by atoms with Crippen LogP contribution in [0.15, 0.2) is 35.8 Å². The summed E-state index contributed by atoms with van der Waals surface area (Å²) in [7, 11) is 3.87. The number of likely N-dealkylation sites (N-methyl/N-ethyl adjacent to an activating group) is 1. The molecule has 1 aromatic carbocycles. The Balaban J connectivity index is 1.26. The smallest absolute Gasteiger partial charge is 0.324 e. The van der Waals surface area contributed by atoms with Gasteiger partial charge in [-0.2, -0.15) is 0 Å². The molecule has 3 fully saturated rings. The number of fused-ring (bicyclic) bond motifs is 6. The molecule has 15 heteroatoms. The molecule has 2 amide bonds. The number of pyridine rings is 1. The number of nitrogens with zero attached hydrogens (tertiary/aromatic N) is 6. The molecule has 0 radical (unpaired) electrons. The van der Waals surface area contributed by atoms with Crippen molar-refractivity contribution in [2.75, 3.05) is 58.4 Å². The molecular weight excluding hydrogens is 760 g/mol. The molecule has 3 aliphatic heterocycles. The standard InChI is InChI=1S/C43H55FN8O5S/c1-7-51-36-11-10-26-17-28(36)31(39(51)30-18-27(22-45-38(30)25(2)56-6)50-15-13-49(5)14-16-50)21-43(3,4)24-57-42(55)33-9-8-12-52(48-33)41(54)34(20-37-46-35(26)23-58-37)47-40(53)29-19-32(29)44/h10-11,17-18,22-23,25,29,32-34,48H,7-9,12-16,19-21,24H2,1-6H3,(H,47,53)/t25-,29-,32+,33-,34-/m0/s1. The second kappa shape index (κ2) is 16.3. The number of piperazine rings is 1. The molecule has 0 spiro atoms. The predicted octanol–water partition coefficient (Wildman–Crippen LogP) is 5.31. The van der Waals surface area contributed by atoms with Crippen LogP contribution in [0.2, 0.25) is 0 Å². The Morgan fingerprint density at radius 2 is 1.95 bits per heavy atom. The van der Waals surface area contributed by atoms with Crippen molar-refractivity contribution in [1.82, 2.24) is 35.2 Å². The second-order valence-corrected chi connectivity index (χ2v) is 18.1. The first-order valence-corrected chi connectivity index (χ1v) is 21.5. The van der Waals surface area contributed by atoms with Crippen molar-refractivity contribution < 1.29 is 28.2 Å². The average molecular weight is 815 g/mol. The van der Waals surface area contributed by atoms with Crippen molar-refractivity contribution in [1.29, 1.82) is 0 Å². The van der Waals surface area contributed by atoms with Gasteiger partial charge in [0.25, 0.3) is 5.91 Å². The minimum absolute atomic E-state index is 0.126. The minimum Gasteiger partial charge on any atom is -0.464 e. The fraction of sp³-hybridized carbons (Fsp3) is 0.558. The maximum absolute atomic E-state index is 14.0. The van der Waals surface area contributed by atoms with Gasteiger partial charge < -0.3 is 29.2 Å². The number of rotatable bonds is 7. The van der Waals surface area contributed by atoms with E-state index in [-0.39, 0.29) is 25.6 Å². The molecule has 1 saturated carbocycles. The summed E-state index contributed by atoms with van der Waals surface area (Å²) in [6.07, 6.45) is 2.44. The van der Waals surface area contributed by atoms with Crippen molar-refractivity contribution in [3.63, 3.8) is 0 Å². The van der Waals surface area contributed by atoms with Crippen LogP contribution in [0.3, 0.4) is 0 Å². The highest BCUT2D eigenvalue weighted by Gasteiger charge is 2.45. The number of amides is 2. The van der Waals surface area contributed by atoms with Gasteiger partial charge in [0.2, 0.25) is 5.91 Å². The quantitative estimate of drug-likeness (QED) is 0.237. The zero-order valence-electron chi connectivity index (χ0n) is 34.3. The molecule has 4 aromatic rings. The van der Waals surface area contributed by atoms with Crippen LogP contribution in [0.1, 0.15) is 69.3 Å². The predicted molar refractivity (Wildman–Crippen MR) is 222 cm³/mol. The van der Waals surface area contributed by atoms with Gasteiger partial charge in [0.15, 0.2) is 0 Å².